The standard InChI is InChI=1S/C21H22N4O4S2/c1-14-4-8-16(9-5-14)25-20(18-12-30(27)13-19(18)23-25)22-21(26)15-6-10-17(11-7-15)31(28,29)24(2)3/h4-11H,12-13H2,1-3H3,(H,22,26)/t30-/m1/s1. The van der Waals surface area contributed by atoms with Gasteiger partial charge in [-0.2, -0.15) is 5.10 Å². The minimum Gasteiger partial charge on any atom is -0.306 e. The van der Waals surface area contributed by atoms with Crippen molar-refractivity contribution < 1.29 is 17.4 Å². The number of rotatable bonds is 5. The van der Waals surface area contributed by atoms with Crippen LogP contribution in [-0.4, -0.2) is 46.7 Å². The molecule has 0 fully saturated rings. The van der Waals surface area contributed by atoms with Crippen LogP contribution in [0.2, 0.25) is 0 Å². The van der Waals surface area contributed by atoms with Crippen molar-refractivity contribution >= 4 is 32.5 Å². The molecule has 0 saturated heterocycles. The third kappa shape index (κ3) is 4.06. The minimum absolute atomic E-state index is 0.107. The second-order valence-corrected chi connectivity index (χ2v) is 11.1. The molecule has 2 aromatic carbocycles. The van der Waals surface area contributed by atoms with Gasteiger partial charge in [-0.05, 0) is 43.3 Å². The maximum atomic E-state index is 12.9. The van der Waals surface area contributed by atoms with E-state index in [1.165, 1.54) is 38.4 Å². The number of fused-ring (bicyclic) bond motifs is 1. The number of aryl methyl sites for hydroxylation is 1. The van der Waals surface area contributed by atoms with Crippen LogP contribution in [0.15, 0.2) is 53.4 Å². The van der Waals surface area contributed by atoms with Gasteiger partial charge in [0.1, 0.15) is 5.82 Å². The molecule has 8 nitrogen and oxygen atoms in total. The van der Waals surface area contributed by atoms with Crippen molar-refractivity contribution in [1.29, 1.82) is 0 Å². The smallest absolute Gasteiger partial charge is 0.256 e. The van der Waals surface area contributed by atoms with Gasteiger partial charge in [-0.15, -0.1) is 0 Å². The number of nitrogens with one attached hydrogen (secondary N) is 1. The van der Waals surface area contributed by atoms with E-state index in [4.69, 9.17) is 0 Å². The molecule has 0 bridgehead atoms. The Labute approximate surface area is 183 Å². The fourth-order valence-corrected chi connectivity index (χ4v) is 5.46. The second-order valence-electron chi connectivity index (χ2n) is 7.52. The molecule has 0 saturated carbocycles. The number of anilines is 1. The van der Waals surface area contributed by atoms with Crippen molar-refractivity contribution in [2.24, 2.45) is 0 Å². The van der Waals surface area contributed by atoms with Crippen molar-refractivity contribution in [3.05, 3.63) is 70.9 Å². The zero-order valence-electron chi connectivity index (χ0n) is 17.3. The SMILES string of the molecule is Cc1ccc(-n2nc3c(c2NC(=O)c2ccc(S(=O)(=O)N(C)C)cc2)C[S@@](=O)C3)cc1. The minimum atomic E-state index is -3.58. The van der Waals surface area contributed by atoms with E-state index in [1.807, 2.05) is 31.2 Å². The fraction of sp³-hybridized carbons (Fsp3) is 0.238. The molecule has 0 spiro atoms. The Balaban J connectivity index is 1.67. The highest BCUT2D eigenvalue weighted by atomic mass is 32.2. The molecule has 0 unspecified atom stereocenters. The largest absolute Gasteiger partial charge is 0.306 e. The summed E-state index contributed by atoms with van der Waals surface area (Å²) < 4.78 is 39.3. The molecule has 1 aliphatic heterocycles. The van der Waals surface area contributed by atoms with Gasteiger partial charge in [-0.3, -0.25) is 9.00 Å². The van der Waals surface area contributed by atoms with Gasteiger partial charge >= 0.3 is 0 Å². The second kappa shape index (κ2) is 8.03. The summed E-state index contributed by atoms with van der Waals surface area (Å²) in [5.41, 5.74) is 3.67. The van der Waals surface area contributed by atoms with Gasteiger partial charge in [0, 0.05) is 36.0 Å². The van der Waals surface area contributed by atoms with Crippen molar-refractivity contribution in [2.75, 3.05) is 19.4 Å². The van der Waals surface area contributed by atoms with E-state index in [0.29, 0.717) is 28.6 Å². The first-order chi connectivity index (χ1) is 14.7. The predicted octanol–water partition coefficient (Wildman–Crippen LogP) is 2.45. The quantitative estimate of drug-likeness (QED) is 0.633. The Hall–Kier alpha value is -2.82. The molecule has 1 aromatic heterocycles. The Kier molecular flexibility index (Phi) is 5.54. The van der Waals surface area contributed by atoms with E-state index in [1.54, 1.807) is 4.68 Å². The van der Waals surface area contributed by atoms with Crippen molar-refractivity contribution in [1.82, 2.24) is 14.1 Å². The molecule has 0 aliphatic carbocycles. The molecule has 1 N–H and O–H groups in total. The van der Waals surface area contributed by atoms with E-state index in [0.717, 1.165) is 21.1 Å². The highest BCUT2D eigenvalue weighted by molar-refractivity contribution is 7.89. The summed E-state index contributed by atoms with van der Waals surface area (Å²) >= 11 is 0. The number of carbonyl (C=O) groups excluding carboxylic acids is 1. The maximum Gasteiger partial charge on any atom is 0.256 e. The van der Waals surface area contributed by atoms with Gasteiger partial charge in [0.2, 0.25) is 10.0 Å². The first-order valence-electron chi connectivity index (χ1n) is 9.53. The number of benzene rings is 2. The first kappa shape index (κ1) is 21.4. The average molecular weight is 459 g/mol. The lowest BCUT2D eigenvalue weighted by molar-refractivity contribution is 0.102. The summed E-state index contributed by atoms with van der Waals surface area (Å²) in [7, 11) is -1.72. The number of sulfonamides is 1. The van der Waals surface area contributed by atoms with Gasteiger partial charge in [0.15, 0.2) is 0 Å². The van der Waals surface area contributed by atoms with Crippen LogP contribution in [0.5, 0.6) is 0 Å². The summed E-state index contributed by atoms with van der Waals surface area (Å²) in [4.78, 5) is 13.0. The summed E-state index contributed by atoms with van der Waals surface area (Å²) in [6.07, 6.45) is 0. The van der Waals surface area contributed by atoms with Crippen molar-refractivity contribution in [2.45, 2.75) is 23.3 Å². The zero-order chi connectivity index (χ0) is 22.3. The van der Waals surface area contributed by atoms with Crippen molar-refractivity contribution in [3.8, 4) is 5.69 Å². The molecule has 162 valence electrons. The molecule has 3 aromatic rings. The van der Waals surface area contributed by atoms with E-state index < -0.39 is 26.7 Å². The fourth-order valence-electron chi connectivity index (χ4n) is 3.30. The Morgan fingerprint density at radius 3 is 2.32 bits per heavy atom. The number of nitrogens with zero attached hydrogens (tertiary/aromatic N) is 3. The Morgan fingerprint density at radius 2 is 1.71 bits per heavy atom. The number of hydrogen-bond acceptors (Lipinski definition) is 5. The third-order valence-corrected chi connectivity index (χ3v) is 8.11. The topological polar surface area (TPSA) is 101 Å². The summed E-state index contributed by atoms with van der Waals surface area (Å²) in [5.74, 6) is 0.771. The van der Waals surface area contributed by atoms with E-state index in [2.05, 4.69) is 10.4 Å². The van der Waals surface area contributed by atoms with Crippen LogP contribution >= 0.6 is 0 Å². The summed E-state index contributed by atoms with van der Waals surface area (Å²) in [6, 6.07) is 13.5. The van der Waals surface area contributed by atoms with Crippen LogP contribution in [0, 0.1) is 6.92 Å². The molecule has 2 heterocycles. The summed E-state index contributed by atoms with van der Waals surface area (Å²) in [6.45, 7) is 1.98. The molecule has 4 rings (SSSR count). The Morgan fingerprint density at radius 1 is 1.06 bits per heavy atom. The van der Waals surface area contributed by atoms with Crippen molar-refractivity contribution in [3.63, 3.8) is 0 Å². The molecular weight excluding hydrogens is 436 g/mol. The normalized spacial score (nSPS) is 15.8. The van der Waals surface area contributed by atoms with Gasteiger partial charge in [0.05, 0.1) is 27.8 Å². The monoisotopic (exact) mass is 458 g/mol. The number of carbonyl (C=O) groups is 1. The number of aromatic nitrogens is 2. The van der Waals surface area contributed by atoms with Crippen LogP contribution in [0.1, 0.15) is 27.2 Å². The summed E-state index contributed by atoms with van der Waals surface area (Å²) in [5, 5.41) is 7.47. The first-order valence-corrected chi connectivity index (χ1v) is 12.5. The average Bonchev–Trinajstić information content (AvgIpc) is 3.25. The van der Waals surface area contributed by atoms with E-state index >= 15 is 0 Å². The molecule has 31 heavy (non-hydrogen) atoms. The van der Waals surface area contributed by atoms with Crippen LogP contribution in [0.4, 0.5) is 5.82 Å². The highest BCUT2D eigenvalue weighted by Crippen LogP contribution is 2.31. The molecule has 10 heteroatoms. The molecule has 1 atom stereocenters. The Bertz CT molecular complexity index is 1280. The van der Waals surface area contributed by atoms with E-state index in [9.17, 15) is 17.4 Å². The van der Waals surface area contributed by atoms with Gasteiger partial charge in [-0.1, -0.05) is 17.7 Å². The molecule has 1 aliphatic rings. The van der Waals surface area contributed by atoms with Crippen LogP contribution < -0.4 is 5.32 Å². The predicted molar refractivity (Wildman–Crippen MR) is 119 cm³/mol. The molecular formula is C21H22N4O4S2. The highest BCUT2D eigenvalue weighted by Gasteiger charge is 2.28. The van der Waals surface area contributed by atoms with Gasteiger partial charge in [-0.25, -0.2) is 17.4 Å². The molecule has 1 amide bonds. The lowest BCUT2D eigenvalue weighted by Gasteiger charge is -2.13. The van der Waals surface area contributed by atoms with Gasteiger partial charge < -0.3 is 5.32 Å². The van der Waals surface area contributed by atoms with E-state index in [-0.39, 0.29) is 4.90 Å². The van der Waals surface area contributed by atoms with Crippen LogP contribution in [-0.2, 0) is 32.3 Å². The number of amides is 1. The van der Waals surface area contributed by atoms with Gasteiger partial charge in [0.25, 0.3) is 5.91 Å². The number of hydrogen-bond donors (Lipinski definition) is 1. The van der Waals surface area contributed by atoms with Crippen LogP contribution in [0.3, 0.4) is 0 Å². The maximum absolute atomic E-state index is 12.9. The lowest BCUT2D eigenvalue weighted by Crippen LogP contribution is -2.22. The third-order valence-electron chi connectivity index (χ3n) is 5.08. The molecule has 0 radical (unpaired) electrons. The van der Waals surface area contributed by atoms with Crippen LogP contribution in [0.25, 0.3) is 5.69 Å². The zero-order valence-corrected chi connectivity index (χ0v) is 19.0. The lowest BCUT2D eigenvalue weighted by atomic mass is 10.2.